The normalized spacial score (nSPS) is 13.2. The molecule has 0 aliphatic carbocycles. The van der Waals surface area contributed by atoms with E-state index in [1.165, 1.54) is 57.4 Å². The van der Waals surface area contributed by atoms with Crippen molar-refractivity contribution in [3.63, 3.8) is 0 Å². The predicted octanol–water partition coefficient (Wildman–Crippen LogP) is 5.44. The number of carbonyl (C=O) groups is 1. The molecule has 0 aliphatic heterocycles. The first-order chi connectivity index (χ1) is 9.74. The Morgan fingerprint density at radius 2 is 1.65 bits per heavy atom. The van der Waals surface area contributed by atoms with Gasteiger partial charge in [-0.2, -0.15) is 0 Å². The average Bonchev–Trinajstić information content (AvgIpc) is 2.44. The maximum Gasteiger partial charge on any atom is 0.330 e. The fraction of sp³-hybridized carbons (Fsp3) is 0.722. The van der Waals surface area contributed by atoms with E-state index in [9.17, 15) is 4.79 Å². The van der Waals surface area contributed by atoms with Crippen molar-refractivity contribution in [3.05, 3.63) is 24.3 Å². The monoisotopic (exact) mass is 280 g/mol. The number of carbonyl (C=O) groups excluding carboxylic acids is 1. The summed E-state index contributed by atoms with van der Waals surface area (Å²) < 4.78 is 4.85. The highest BCUT2D eigenvalue weighted by molar-refractivity contribution is 5.82. The van der Waals surface area contributed by atoms with Crippen LogP contribution in [0.4, 0.5) is 0 Å². The Bertz CT molecular complexity index is 279. The lowest BCUT2D eigenvalue weighted by molar-refractivity contribution is -0.137. The van der Waals surface area contributed by atoms with E-state index in [0.29, 0.717) is 12.5 Å². The number of rotatable bonds is 12. The Morgan fingerprint density at radius 1 is 0.950 bits per heavy atom. The first-order valence-electron chi connectivity index (χ1n) is 8.26. The SMILES string of the molecule is CCCCCCC(C=CC=CC(=O)OCC)CCCC. The van der Waals surface area contributed by atoms with Gasteiger partial charge in [-0.05, 0) is 25.7 Å². The van der Waals surface area contributed by atoms with Crippen LogP contribution >= 0.6 is 0 Å². The van der Waals surface area contributed by atoms with Crippen molar-refractivity contribution in [2.75, 3.05) is 6.61 Å². The first-order valence-corrected chi connectivity index (χ1v) is 8.26. The Balaban J connectivity index is 4.08. The van der Waals surface area contributed by atoms with Gasteiger partial charge in [0.05, 0.1) is 6.61 Å². The molecule has 1 unspecified atom stereocenters. The van der Waals surface area contributed by atoms with Crippen LogP contribution in [0.2, 0.25) is 0 Å². The van der Waals surface area contributed by atoms with Crippen LogP contribution in [-0.4, -0.2) is 12.6 Å². The standard InChI is InChI=1S/C18H32O2/c1-4-7-9-10-14-17(13-8-5-2)15-11-12-16-18(19)20-6-3/h11-12,15-17H,4-10,13-14H2,1-3H3. The van der Waals surface area contributed by atoms with Crippen LogP contribution in [0.25, 0.3) is 0 Å². The van der Waals surface area contributed by atoms with Gasteiger partial charge in [-0.1, -0.05) is 70.6 Å². The summed E-state index contributed by atoms with van der Waals surface area (Å²) in [6.07, 6.45) is 17.9. The molecule has 0 aromatic carbocycles. The summed E-state index contributed by atoms with van der Waals surface area (Å²) in [5, 5.41) is 0. The van der Waals surface area contributed by atoms with Gasteiger partial charge in [0.2, 0.25) is 0 Å². The van der Waals surface area contributed by atoms with E-state index in [0.717, 1.165) is 0 Å². The third-order valence-corrected chi connectivity index (χ3v) is 3.37. The molecule has 0 bridgehead atoms. The van der Waals surface area contributed by atoms with Crippen LogP contribution in [-0.2, 0) is 9.53 Å². The van der Waals surface area contributed by atoms with Gasteiger partial charge < -0.3 is 4.74 Å². The molecule has 0 aromatic heterocycles. The van der Waals surface area contributed by atoms with Gasteiger partial charge in [0.25, 0.3) is 0 Å². The zero-order chi connectivity index (χ0) is 15.1. The van der Waals surface area contributed by atoms with Crippen molar-refractivity contribution in [1.29, 1.82) is 0 Å². The number of hydrogen-bond acceptors (Lipinski definition) is 2. The minimum atomic E-state index is -0.259. The number of allylic oxidation sites excluding steroid dienone is 3. The molecule has 0 amide bonds. The summed E-state index contributed by atoms with van der Waals surface area (Å²) in [5.41, 5.74) is 0. The summed E-state index contributed by atoms with van der Waals surface area (Å²) in [6, 6.07) is 0. The second kappa shape index (κ2) is 14.4. The van der Waals surface area contributed by atoms with Gasteiger partial charge in [0, 0.05) is 6.08 Å². The highest BCUT2D eigenvalue weighted by Gasteiger charge is 2.03. The first kappa shape index (κ1) is 18.9. The summed E-state index contributed by atoms with van der Waals surface area (Å²) in [7, 11) is 0. The quantitative estimate of drug-likeness (QED) is 0.206. The molecule has 2 nitrogen and oxygen atoms in total. The zero-order valence-corrected chi connectivity index (χ0v) is 13.6. The molecule has 0 heterocycles. The molecule has 0 radical (unpaired) electrons. The zero-order valence-electron chi connectivity index (χ0n) is 13.6. The molecule has 1 atom stereocenters. The minimum absolute atomic E-state index is 0.259. The van der Waals surface area contributed by atoms with Gasteiger partial charge in [-0.15, -0.1) is 0 Å². The molecule has 0 N–H and O–H groups in total. The molecular formula is C18H32O2. The molecule has 20 heavy (non-hydrogen) atoms. The number of esters is 1. The van der Waals surface area contributed by atoms with Crippen molar-refractivity contribution >= 4 is 5.97 Å². The fourth-order valence-corrected chi connectivity index (χ4v) is 2.18. The molecule has 0 fully saturated rings. The second-order valence-electron chi connectivity index (χ2n) is 5.25. The van der Waals surface area contributed by atoms with Crippen LogP contribution in [0, 0.1) is 5.92 Å². The fourth-order valence-electron chi connectivity index (χ4n) is 2.18. The Hall–Kier alpha value is -1.05. The van der Waals surface area contributed by atoms with E-state index < -0.39 is 0 Å². The molecule has 116 valence electrons. The molecule has 0 saturated carbocycles. The summed E-state index contributed by atoms with van der Waals surface area (Å²) in [6.45, 7) is 6.73. The number of unbranched alkanes of at least 4 members (excludes halogenated alkanes) is 4. The third-order valence-electron chi connectivity index (χ3n) is 3.37. The molecule has 0 spiro atoms. The maximum absolute atomic E-state index is 11.2. The number of ether oxygens (including phenoxy) is 1. The lowest BCUT2D eigenvalue weighted by Crippen LogP contribution is -1.99. The van der Waals surface area contributed by atoms with Crippen LogP contribution < -0.4 is 0 Å². The van der Waals surface area contributed by atoms with E-state index >= 15 is 0 Å². The van der Waals surface area contributed by atoms with Crippen molar-refractivity contribution < 1.29 is 9.53 Å². The number of hydrogen-bond donors (Lipinski definition) is 0. The summed E-state index contributed by atoms with van der Waals surface area (Å²) in [4.78, 5) is 11.2. The highest BCUT2D eigenvalue weighted by atomic mass is 16.5. The van der Waals surface area contributed by atoms with Gasteiger partial charge in [0.1, 0.15) is 0 Å². The van der Waals surface area contributed by atoms with Crippen molar-refractivity contribution in [2.45, 2.75) is 72.1 Å². The van der Waals surface area contributed by atoms with Gasteiger partial charge in [-0.3, -0.25) is 0 Å². The van der Waals surface area contributed by atoms with Crippen LogP contribution in [0.3, 0.4) is 0 Å². The lowest BCUT2D eigenvalue weighted by Gasteiger charge is -2.11. The molecule has 0 rings (SSSR count). The van der Waals surface area contributed by atoms with E-state index in [4.69, 9.17) is 4.74 Å². The maximum atomic E-state index is 11.2. The van der Waals surface area contributed by atoms with Crippen LogP contribution in [0.15, 0.2) is 24.3 Å². The van der Waals surface area contributed by atoms with Crippen molar-refractivity contribution in [2.24, 2.45) is 5.92 Å². The minimum Gasteiger partial charge on any atom is -0.463 e. The molecule has 2 heteroatoms. The molecule has 0 aromatic rings. The third kappa shape index (κ3) is 12.0. The van der Waals surface area contributed by atoms with Gasteiger partial charge >= 0.3 is 5.97 Å². The highest BCUT2D eigenvalue weighted by Crippen LogP contribution is 2.18. The van der Waals surface area contributed by atoms with E-state index in [1.807, 2.05) is 13.0 Å². The van der Waals surface area contributed by atoms with E-state index in [-0.39, 0.29) is 5.97 Å². The Labute approximate surface area is 125 Å². The van der Waals surface area contributed by atoms with E-state index in [1.54, 1.807) is 6.08 Å². The predicted molar refractivity (Wildman–Crippen MR) is 86.7 cm³/mol. The topological polar surface area (TPSA) is 26.3 Å². The molecule has 0 saturated heterocycles. The van der Waals surface area contributed by atoms with Crippen molar-refractivity contribution in [1.82, 2.24) is 0 Å². The lowest BCUT2D eigenvalue weighted by atomic mass is 9.95. The van der Waals surface area contributed by atoms with Crippen molar-refractivity contribution in [3.8, 4) is 0 Å². The van der Waals surface area contributed by atoms with Gasteiger partial charge in [-0.25, -0.2) is 4.79 Å². The summed E-state index contributed by atoms with van der Waals surface area (Å²) >= 11 is 0. The Morgan fingerprint density at radius 3 is 2.30 bits per heavy atom. The van der Waals surface area contributed by atoms with Crippen LogP contribution in [0.5, 0.6) is 0 Å². The Kier molecular flexibility index (Phi) is 13.6. The van der Waals surface area contributed by atoms with Gasteiger partial charge in [0.15, 0.2) is 0 Å². The summed E-state index contributed by atoms with van der Waals surface area (Å²) in [5.74, 6) is 0.392. The van der Waals surface area contributed by atoms with E-state index in [2.05, 4.69) is 19.9 Å². The van der Waals surface area contributed by atoms with Crippen LogP contribution in [0.1, 0.15) is 72.1 Å². The molecular weight excluding hydrogens is 248 g/mol. The largest absolute Gasteiger partial charge is 0.463 e. The molecule has 0 aliphatic rings. The second-order valence-corrected chi connectivity index (χ2v) is 5.25. The average molecular weight is 280 g/mol. The smallest absolute Gasteiger partial charge is 0.330 e.